The second-order valence-corrected chi connectivity index (χ2v) is 3.97. The second kappa shape index (κ2) is 6.89. The average Bonchev–Trinajstić information content (AvgIpc) is 2.38. The highest BCUT2D eigenvalue weighted by atomic mass is 16.6. The van der Waals surface area contributed by atoms with Gasteiger partial charge in [0.05, 0.1) is 11.3 Å². The molecule has 0 bridgehead atoms. The fourth-order valence-corrected chi connectivity index (χ4v) is 1.53. The van der Waals surface area contributed by atoms with Crippen molar-refractivity contribution in [3.63, 3.8) is 0 Å². The Morgan fingerprint density at radius 1 is 1.50 bits per heavy atom. The summed E-state index contributed by atoms with van der Waals surface area (Å²) in [5.41, 5.74) is 0.287. The van der Waals surface area contributed by atoms with Gasteiger partial charge in [-0.1, -0.05) is 12.1 Å². The zero-order chi connectivity index (χ0) is 15.1. The summed E-state index contributed by atoms with van der Waals surface area (Å²) in [4.78, 5) is 32.5. The first-order valence-corrected chi connectivity index (χ1v) is 5.63. The average molecular weight is 276 g/mol. The van der Waals surface area contributed by atoms with E-state index in [2.05, 4.69) is 11.2 Å². The number of non-ortho nitro benzene ring substituents is 1. The maximum absolute atomic E-state index is 11.7. The number of amides is 1. The molecule has 0 heterocycles. The van der Waals surface area contributed by atoms with Crippen LogP contribution in [0.3, 0.4) is 0 Å². The third-order valence-electron chi connectivity index (χ3n) is 2.44. The number of nitro benzene ring substituents is 1. The fourth-order valence-electron chi connectivity index (χ4n) is 1.53. The maximum Gasteiger partial charge on any atom is 0.327 e. The van der Waals surface area contributed by atoms with Gasteiger partial charge in [0.15, 0.2) is 0 Å². The summed E-state index contributed by atoms with van der Waals surface area (Å²) < 4.78 is 0. The van der Waals surface area contributed by atoms with E-state index in [0.29, 0.717) is 5.56 Å². The number of hydrogen-bond donors (Lipinski definition) is 2. The minimum Gasteiger partial charge on any atom is -0.480 e. The van der Waals surface area contributed by atoms with Crippen molar-refractivity contribution in [2.75, 3.05) is 0 Å². The highest BCUT2D eigenvalue weighted by Crippen LogP contribution is 2.13. The van der Waals surface area contributed by atoms with Gasteiger partial charge >= 0.3 is 5.97 Å². The number of benzene rings is 1. The Morgan fingerprint density at radius 2 is 2.20 bits per heavy atom. The Bertz CT molecular complexity index is 576. The third-order valence-corrected chi connectivity index (χ3v) is 2.44. The molecule has 20 heavy (non-hydrogen) atoms. The van der Waals surface area contributed by atoms with Gasteiger partial charge in [-0.15, -0.1) is 12.3 Å². The molecule has 1 amide bonds. The van der Waals surface area contributed by atoms with Crippen molar-refractivity contribution >= 4 is 17.6 Å². The number of hydrogen-bond acceptors (Lipinski definition) is 4. The van der Waals surface area contributed by atoms with Gasteiger partial charge < -0.3 is 10.4 Å². The van der Waals surface area contributed by atoms with Gasteiger partial charge in [-0.25, -0.2) is 4.79 Å². The zero-order valence-electron chi connectivity index (χ0n) is 10.4. The first-order chi connectivity index (χ1) is 9.43. The minimum atomic E-state index is -1.23. The lowest BCUT2D eigenvalue weighted by molar-refractivity contribution is -0.384. The van der Waals surface area contributed by atoms with Crippen molar-refractivity contribution in [3.05, 3.63) is 39.9 Å². The van der Waals surface area contributed by atoms with E-state index in [-0.39, 0.29) is 18.5 Å². The zero-order valence-corrected chi connectivity index (χ0v) is 10.4. The van der Waals surface area contributed by atoms with Crippen LogP contribution in [0.4, 0.5) is 5.69 Å². The standard InChI is InChI=1S/C13H12N2O5/c1-2-4-11(13(17)18)14-12(16)8-9-5-3-6-10(7-9)15(19)20/h1,3,5-7,11H,4,8H2,(H,14,16)(H,17,18). The summed E-state index contributed by atoms with van der Waals surface area (Å²) in [7, 11) is 0. The van der Waals surface area contributed by atoms with Crippen LogP contribution >= 0.6 is 0 Å². The van der Waals surface area contributed by atoms with E-state index in [0.717, 1.165) is 0 Å². The van der Waals surface area contributed by atoms with Crippen molar-refractivity contribution < 1.29 is 19.6 Å². The lowest BCUT2D eigenvalue weighted by Gasteiger charge is -2.11. The number of nitrogens with zero attached hydrogens (tertiary/aromatic N) is 1. The van der Waals surface area contributed by atoms with Crippen LogP contribution in [0.5, 0.6) is 0 Å². The van der Waals surface area contributed by atoms with Crippen molar-refractivity contribution in [2.24, 2.45) is 0 Å². The van der Waals surface area contributed by atoms with Crippen LogP contribution < -0.4 is 5.32 Å². The SMILES string of the molecule is C#CCC(NC(=O)Cc1cccc([N+](=O)[O-])c1)C(=O)O. The van der Waals surface area contributed by atoms with E-state index in [1.165, 1.54) is 18.2 Å². The number of carboxylic acids is 1. The van der Waals surface area contributed by atoms with Crippen molar-refractivity contribution in [2.45, 2.75) is 18.9 Å². The molecule has 1 aromatic carbocycles. The molecule has 7 heteroatoms. The van der Waals surface area contributed by atoms with Crippen LogP contribution in [-0.2, 0) is 16.0 Å². The van der Waals surface area contributed by atoms with Crippen LogP contribution in [0.2, 0.25) is 0 Å². The summed E-state index contributed by atoms with van der Waals surface area (Å²) in [5, 5.41) is 21.7. The van der Waals surface area contributed by atoms with Gasteiger partial charge in [-0.2, -0.15) is 0 Å². The molecule has 0 saturated carbocycles. The molecule has 0 radical (unpaired) electrons. The predicted molar refractivity (Wildman–Crippen MR) is 69.8 cm³/mol. The molecule has 0 saturated heterocycles. The number of aliphatic carboxylic acids is 1. The number of carboxylic acid groups (broad SMARTS) is 1. The monoisotopic (exact) mass is 276 g/mol. The number of rotatable bonds is 6. The molecule has 0 aliphatic heterocycles. The molecule has 0 aliphatic carbocycles. The number of terminal acetylenes is 1. The summed E-state index contributed by atoms with van der Waals surface area (Å²) in [6, 6.07) is 4.41. The summed E-state index contributed by atoms with van der Waals surface area (Å²) in [5.74, 6) is 0.369. The Kier molecular flexibility index (Phi) is 5.23. The van der Waals surface area contributed by atoms with Gasteiger partial charge in [0.25, 0.3) is 5.69 Å². The van der Waals surface area contributed by atoms with Crippen molar-refractivity contribution in [3.8, 4) is 12.3 Å². The molecule has 1 aromatic rings. The van der Waals surface area contributed by atoms with Crippen LogP contribution in [0.15, 0.2) is 24.3 Å². The topological polar surface area (TPSA) is 110 Å². The Hall–Kier alpha value is -2.88. The Labute approximate surface area is 114 Å². The summed E-state index contributed by atoms with van der Waals surface area (Å²) >= 11 is 0. The van der Waals surface area contributed by atoms with Crippen LogP contribution in [0.25, 0.3) is 0 Å². The number of carbonyl (C=O) groups excluding carboxylic acids is 1. The minimum absolute atomic E-state index is 0.129. The lowest BCUT2D eigenvalue weighted by Crippen LogP contribution is -2.41. The van der Waals surface area contributed by atoms with E-state index < -0.39 is 22.8 Å². The van der Waals surface area contributed by atoms with E-state index in [1.54, 1.807) is 6.07 Å². The van der Waals surface area contributed by atoms with Crippen LogP contribution in [0, 0.1) is 22.5 Å². The number of carbonyl (C=O) groups is 2. The van der Waals surface area contributed by atoms with Gasteiger partial charge in [-0.05, 0) is 5.56 Å². The Morgan fingerprint density at radius 3 is 2.75 bits per heavy atom. The Balaban J connectivity index is 2.71. The molecule has 1 rings (SSSR count). The summed E-state index contributed by atoms with van der Waals surface area (Å²) in [6.45, 7) is 0. The molecule has 104 valence electrons. The van der Waals surface area contributed by atoms with E-state index >= 15 is 0 Å². The van der Waals surface area contributed by atoms with Crippen LogP contribution in [-0.4, -0.2) is 27.9 Å². The molecule has 1 unspecified atom stereocenters. The third kappa shape index (κ3) is 4.42. The van der Waals surface area contributed by atoms with Gasteiger partial charge in [0, 0.05) is 18.6 Å². The normalized spacial score (nSPS) is 11.2. The highest BCUT2D eigenvalue weighted by molar-refractivity contribution is 5.85. The van der Waals surface area contributed by atoms with Crippen molar-refractivity contribution in [1.82, 2.24) is 5.32 Å². The van der Waals surface area contributed by atoms with Gasteiger partial charge in [-0.3, -0.25) is 14.9 Å². The molecule has 0 fully saturated rings. The van der Waals surface area contributed by atoms with E-state index in [9.17, 15) is 19.7 Å². The number of nitro groups is 1. The fraction of sp³-hybridized carbons (Fsp3) is 0.231. The first-order valence-electron chi connectivity index (χ1n) is 5.63. The quantitative estimate of drug-likeness (QED) is 0.452. The lowest BCUT2D eigenvalue weighted by atomic mass is 10.1. The molecular weight excluding hydrogens is 264 g/mol. The van der Waals surface area contributed by atoms with Crippen LogP contribution in [0.1, 0.15) is 12.0 Å². The summed E-state index contributed by atoms with van der Waals surface area (Å²) in [6.07, 6.45) is 4.72. The van der Waals surface area contributed by atoms with Gasteiger partial charge in [0.2, 0.25) is 5.91 Å². The molecule has 0 spiro atoms. The molecule has 7 nitrogen and oxygen atoms in total. The second-order valence-electron chi connectivity index (χ2n) is 3.97. The molecule has 0 aliphatic rings. The van der Waals surface area contributed by atoms with E-state index in [4.69, 9.17) is 11.5 Å². The molecule has 2 N–H and O–H groups in total. The smallest absolute Gasteiger partial charge is 0.327 e. The molecule has 1 atom stereocenters. The van der Waals surface area contributed by atoms with E-state index in [1.807, 2.05) is 0 Å². The first kappa shape index (κ1) is 15.2. The van der Waals surface area contributed by atoms with Gasteiger partial charge in [0.1, 0.15) is 6.04 Å². The number of nitrogens with one attached hydrogen (secondary N) is 1. The van der Waals surface area contributed by atoms with Crippen molar-refractivity contribution in [1.29, 1.82) is 0 Å². The largest absolute Gasteiger partial charge is 0.480 e. The molecular formula is C13H12N2O5. The predicted octanol–water partition coefficient (Wildman–Crippen LogP) is 0.730. The maximum atomic E-state index is 11.7. The highest BCUT2D eigenvalue weighted by Gasteiger charge is 2.19. The molecule has 0 aromatic heterocycles.